The SMILES string of the molecule is CCCN(C)CC#CCC1CCN(C(=O)c2ccc(Cl)cc2)CC1. The normalized spacial score (nSPS) is 15.2. The van der Waals surface area contributed by atoms with Gasteiger partial charge in [0, 0.05) is 30.1 Å². The number of hydrogen-bond acceptors (Lipinski definition) is 2. The number of likely N-dealkylation sites (tertiary alicyclic amines) is 1. The number of piperidine rings is 1. The van der Waals surface area contributed by atoms with Crippen molar-refractivity contribution in [2.24, 2.45) is 5.92 Å². The largest absolute Gasteiger partial charge is 0.339 e. The minimum atomic E-state index is 0.109. The third kappa shape index (κ3) is 5.85. The summed E-state index contributed by atoms with van der Waals surface area (Å²) in [6.07, 6.45) is 4.19. The Bertz CT molecular complexity index is 580. The van der Waals surface area contributed by atoms with E-state index in [1.54, 1.807) is 24.3 Å². The quantitative estimate of drug-likeness (QED) is 0.754. The fraction of sp³-hybridized carbons (Fsp3) is 0.550. The number of hydrogen-bond donors (Lipinski definition) is 0. The zero-order valence-electron chi connectivity index (χ0n) is 14.7. The van der Waals surface area contributed by atoms with Crippen LogP contribution in [0.25, 0.3) is 0 Å². The molecule has 0 bridgehead atoms. The van der Waals surface area contributed by atoms with Gasteiger partial charge in [-0.3, -0.25) is 9.69 Å². The summed E-state index contributed by atoms with van der Waals surface area (Å²) in [6, 6.07) is 7.14. The van der Waals surface area contributed by atoms with Crippen LogP contribution in [-0.4, -0.2) is 48.9 Å². The van der Waals surface area contributed by atoms with Crippen molar-refractivity contribution in [2.75, 3.05) is 33.2 Å². The van der Waals surface area contributed by atoms with Crippen molar-refractivity contribution < 1.29 is 4.79 Å². The van der Waals surface area contributed by atoms with Gasteiger partial charge in [0.25, 0.3) is 5.91 Å². The van der Waals surface area contributed by atoms with Crippen LogP contribution in [-0.2, 0) is 0 Å². The Morgan fingerprint density at radius 2 is 1.92 bits per heavy atom. The van der Waals surface area contributed by atoms with Gasteiger partial charge in [-0.15, -0.1) is 5.92 Å². The van der Waals surface area contributed by atoms with Gasteiger partial charge in [0.15, 0.2) is 0 Å². The second-order valence-electron chi connectivity index (χ2n) is 6.54. The molecule has 130 valence electrons. The molecule has 1 saturated heterocycles. The van der Waals surface area contributed by atoms with Crippen LogP contribution in [0.3, 0.4) is 0 Å². The van der Waals surface area contributed by atoms with Crippen LogP contribution in [0, 0.1) is 17.8 Å². The summed E-state index contributed by atoms with van der Waals surface area (Å²) in [5.41, 5.74) is 0.719. The average Bonchev–Trinajstić information content (AvgIpc) is 2.60. The highest BCUT2D eigenvalue weighted by Gasteiger charge is 2.23. The number of carbonyl (C=O) groups is 1. The molecule has 0 atom stereocenters. The van der Waals surface area contributed by atoms with Gasteiger partial charge in [-0.25, -0.2) is 0 Å². The topological polar surface area (TPSA) is 23.6 Å². The molecule has 4 heteroatoms. The summed E-state index contributed by atoms with van der Waals surface area (Å²) < 4.78 is 0. The standard InChI is InChI=1S/C20H27ClN2O/c1-3-13-22(2)14-5-4-6-17-11-15-23(16-12-17)20(24)18-7-9-19(21)10-8-18/h7-10,17H,3,6,11-16H2,1-2H3. The van der Waals surface area contributed by atoms with E-state index in [1.807, 2.05) is 4.90 Å². The molecule has 1 amide bonds. The Labute approximate surface area is 151 Å². The molecule has 1 aliphatic rings. The highest BCUT2D eigenvalue weighted by atomic mass is 35.5. The number of nitrogens with zero attached hydrogens (tertiary/aromatic N) is 2. The van der Waals surface area contributed by atoms with E-state index in [9.17, 15) is 4.79 Å². The molecule has 0 N–H and O–H groups in total. The van der Waals surface area contributed by atoms with Gasteiger partial charge in [0.2, 0.25) is 0 Å². The fourth-order valence-electron chi connectivity index (χ4n) is 2.98. The third-order valence-corrected chi connectivity index (χ3v) is 4.71. The van der Waals surface area contributed by atoms with Crippen molar-refractivity contribution in [3.05, 3.63) is 34.9 Å². The maximum absolute atomic E-state index is 12.5. The molecular weight excluding hydrogens is 320 g/mol. The van der Waals surface area contributed by atoms with Crippen LogP contribution in [0.4, 0.5) is 0 Å². The lowest BCUT2D eigenvalue weighted by atomic mass is 9.93. The van der Waals surface area contributed by atoms with Gasteiger partial charge in [-0.2, -0.15) is 0 Å². The summed E-state index contributed by atoms with van der Waals surface area (Å²) in [7, 11) is 2.11. The smallest absolute Gasteiger partial charge is 0.253 e. The predicted octanol–water partition coefficient (Wildman–Crippen LogP) is 3.93. The molecule has 1 fully saturated rings. The third-order valence-electron chi connectivity index (χ3n) is 4.46. The van der Waals surface area contributed by atoms with Crippen LogP contribution < -0.4 is 0 Å². The second kappa shape index (κ2) is 9.71. The molecule has 1 aromatic rings. The predicted molar refractivity (Wildman–Crippen MR) is 100 cm³/mol. The molecule has 0 saturated carbocycles. The van der Waals surface area contributed by atoms with E-state index < -0.39 is 0 Å². The fourth-order valence-corrected chi connectivity index (χ4v) is 3.11. The molecule has 0 unspecified atom stereocenters. The van der Waals surface area contributed by atoms with E-state index >= 15 is 0 Å². The average molecular weight is 347 g/mol. The van der Waals surface area contributed by atoms with Crippen molar-refractivity contribution >= 4 is 17.5 Å². The zero-order valence-corrected chi connectivity index (χ0v) is 15.5. The maximum atomic E-state index is 12.5. The van der Waals surface area contributed by atoms with Crippen LogP contribution >= 0.6 is 11.6 Å². The van der Waals surface area contributed by atoms with Crippen molar-refractivity contribution in [1.82, 2.24) is 9.80 Å². The van der Waals surface area contributed by atoms with Gasteiger partial charge in [0.05, 0.1) is 6.54 Å². The van der Waals surface area contributed by atoms with Gasteiger partial charge in [0.1, 0.15) is 0 Å². The zero-order chi connectivity index (χ0) is 17.4. The molecule has 1 heterocycles. The molecule has 3 nitrogen and oxygen atoms in total. The highest BCUT2D eigenvalue weighted by molar-refractivity contribution is 6.30. The first kappa shape index (κ1) is 18.8. The first-order chi connectivity index (χ1) is 11.6. The Kier molecular flexibility index (Phi) is 7.62. The molecular formula is C20H27ClN2O. The lowest BCUT2D eigenvalue weighted by Crippen LogP contribution is -2.38. The Morgan fingerprint density at radius 1 is 1.25 bits per heavy atom. The molecule has 2 rings (SSSR count). The minimum Gasteiger partial charge on any atom is -0.339 e. The van der Waals surface area contributed by atoms with E-state index in [4.69, 9.17) is 11.6 Å². The Balaban J connectivity index is 1.74. The van der Waals surface area contributed by atoms with Crippen molar-refractivity contribution in [3.63, 3.8) is 0 Å². The summed E-state index contributed by atoms with van der Waals surface area (Å²) in [5, 5.41) is 0.661. The molecule has 0 aliphatic carbocycles. The van der Waals surface area contributed by atoms with E-state index in [2.05, 4.69) is 30.7 Å². The van der Waals surface area contributed by atoms with Crippen molar-refractivity contribution in [3.8, 4) is 11.8 Å². The Morgan fingerprint density at radius 3 is 2.54 bits per heavy atom. The van der Waals surface area contributed by atoms with Gasteiger partial charge >= 0.3 is 0 Å². The van der Waals surface area contributed by atoms with Crippen molar-refractivity contribution in [2.45, 2.75) is 32.6 Å². The summed E-state index contributed by atoms with van der Waals surface area (Å²) in [6.45, 7) is 5.78. The molecule has 1 aromatic carbocycles. The highest BCUT2D eigenvalue weighted by Crippen LogP contribution is 2.22. The van der Waals surface area contributed by atoms with Gasteiger partial charge in [-0.1, -0.05) is 24.4 Å². The lowest BCUT2D eigenvalue weighted by molar-refractivity contribution is 0.0692. The molecule has 0 spiro atoms. The van der Waals surface area contributed by atoms with Gasteiger partial charge in [-0.05, 0) is 63.0 Å². The van der Waals surface area contributed by atoms with Crippen LogP contribution in [0.2, 0.25) is 5.02 Å². The summed E-state index contributed by atoms with van der Waals surface area (Å²) in [4.78, 5) is 16.7. The van der Waals surface area contributed by atoms with Crippen LogP contribution in [0.15, 0.2) is 24.3 Å². The first-order valence-electron chi connectivity index (χ1n) is 8.79. The molecule has 0 radical (unpaired) electrons. The van der Waals surface area contributed by atoms with Crippen molar-refractivity contribution in [1.29, 1.82) is 0 Å². The van der Waals surface area contributed by atoms with E-state index in [-0.39, 0.29) is 5.91 Å². The first-order valence-corrected chi connectivity index (χ1v) is 9.17. The number of carbonyl (C=O) groups excluding carboxylic acids is 1. The van der Waals surface area contributed by atoms with Crippen LogP contribution in [0.5, 0.6) is 0 Å². The maximum Gasteiger partial charge on any atom is 0.253 e. The molecule has 1 aliphatic heterocycles. The number of halogens is 1. The minimum absolute atomic E-state index is 0.109. The summed E-state index contributed by atoms with van der Waals surface area (Å²) in [5.74, 6) is 7.30. The molecule has 0 aromatic heterocycles. The molecule has 24 heavy (non-hydrogen) atoms. The number of rotatable bonds is 5. The van der Waals surface area contributed by atoms with Gasteiger partial charge < -0.3 is 4.90 Å². The van der Waals surface area contributed by atoms with Crippen LogP contribution in [0.1, 0.15) is 43.0 Å². The lowest BCUT2D eigenvalue weighted by Gasteiger charge is -2.31. The number of benzene rings is 1. The van der Waals surface area contributed by atoms with E-state index in [0.29, 0.717) is 10.9 Å². The second-order valence-corrected chi connectivity index (χ2v) is 6.97. The monoisotopic (exact) mass is 346 g/mol. The number of amides is 1. The van der Waals surface area contributed by atoms with E-state index in [0.717, 1.165) is 57.4 Å². The Hall–Kier alpha value is -1.50. The summed E-state index contributed by atoms with van der Waals surface area (Å²) >= 11 is 5.88. The van der Waals surface area contributed by atoms with E-state index in [1.165, 1.54) is 0 Å².